The molecule has 27 heavy (non-hydrogen) atoms. The van der Waals surface area contributed by atoms with E-state index in [-0.39, 0.29) is 30.2 Å². The van der Waals surface area contributed by atoms with Crippen LogP contribution in [0.2, 0.25) is 0 Å². The van der Waals surface area contributed by atoms with E-state index in [0.717, 1.165) is 11.1 Å². The minimum atomic E-state index is -0.550. The van der Waals surface area contributed by atoms with Crippen LogP contribution in [0.5, 0.6) is 11.8 Å². The Morgan fingerprint density at radius 2 is 1.81 bits per heavy atom. The third-order valence-corrected chi connectivity index (χ3v) is 4.37. The number of ether oxygens (including phenoxy) is 2. The van der Waals surface area contributed by atoms with E-state index in [2.05, 4.69) is 15.3 Å². The number of carbonyl (C=O) groups excluding carboxylic acids is 2. The largest absolute Gasteiger partial charge is 0.481 e. The second kappa shape index (κ2) is 8.00. The first-order valence-electron chi connectivity index (χ1n) is 8.37. The molecule has 2 aromatic rings. The number of aromatic nitrogens is 2. The third-order valence-electron chi connectivity index (χ3n) is 4.37. The standard InChI is InChI=1S/C18H21N5O4/c1-26-15-8-16(27-2)22-18(21-15)20-14(24)10-23-9-12-6-4-3-5-11(12)7-13(23)17(19)25/h3-6,8,13H,7,9-10H2,1-2H3,(H2,19,25)(H,20,21,22,24)/t13-/m0/s1. The van der Waals surface area contributed by atoms with Crippen molar-refractivity contribution in [2.75, 3.05) is 26.1 Å². The van der Waals surface area contributed by atoms with Gasteiger partial charge in [-0.1, -0.05) is 24.3 Å². The number of benzene rings is 1. The maximum atomic E-state index is 12.5. The zero-order valence-corrected chi connectivity index (χ0v) is 15.1. The highest BCUT2D eigenvalue weighted by molar-refractivity contribution is 5.91. The maximum Gasteiger partial charge on any atom is 0.240 e. The summed E-state index contributed by atoms with van der Waals surface area (Å²) in [6.45, 7) is 0.435. The number of primary amides is 1. The van der Waals surface area contributed by atoms with Crippen LogP contribution in [-0.2, 0) is 22.6 Å². The van der Waals surface area contributed by atoms with Crippen molar-refractivity contribution >= 4 is 17.8 Å². The lowest BCUT2D eigenvalue weighted by Crippen LogP contribution is -2.51. The highest BCUT2D eigenvalue weighted by atomic mass is 16.5. The number of rotatable bonds is 6. The molecule has 0 saturated carbocycles. The quantitative estimate of drug-likeness (QED) is 0.751. The molecule has 1 aliphatic heterocycles. The number of amides is 2. The molecule has 0 radical (unpaired) electrons. The molecule has 0 unspecified atom stereocenters. The zero-order valence-electron chi connectivity index (χ0n) is 15.1. The topological polar surface area (TPSA) is 120 Å². The van der Waals surface area contributed by atoms with Crippen molar-refractivity contribution in [3.05, 3.63) is 41.5 Å². The zero-order chi connectivity index (χ0) is 19.4. The summed E-state index contributed by atoms with van der Waals surface area (Å²) >= 11 is 0. The fourth-order valence-corrected chi connectivity index (χ4v) is 3.04. The average molecular weight is 371 g/mol. The van der Waals surface area contributed by atoms with Crippen molar-refractivity contribution in [3.63, 3.8) is 0 Å². The number of anilines is 1. The normalized spacial score (nSPS) is 16.3. The summed E-state index contributed by atoms with van der Waals surface area (Å²) < 4.78 is 10.1. The lowest BCUT2D eigenvalue weighted by Gasteiger charge is -2.34. The van der Waals surface area contributed by atoms with Gasteiger partial charge in [0.1, 0.15) is 0 Å². The molecule has 0 spiro atoms. The lowest BCUT2D eigenvalue weighted by molar-refractivity contribution is -0.125. The molecule has 1 atom stereocenters. The Balaban J connectivity index is 1.74. The van der Waals surface area contributed by atoms with Gasteiger partial charge in [-0.15, -0.1) is 0 Å². The molecule has 0 aliphatic carbocycles. The Morgan fingerprint density at radius 3 is 2.41 bits per heavy atom. The van der Waals surface area contributed by atoms with Crippen LogP contribution in [0.1, 0.15) is 11.1 Å². The van der Waals surface area contributed by atoms with E-state index >= 15 is 0 Å². The van der Waals surface area contributed by atoms with E-state index in [1.54, 1.807) is 4.90 Å². The van der Waals surface area contributed by atoms with Crippen LogP contribution in [0.3, 0.4) is 0 Å². The van der Waals surface area contributed by atoms with Crippen LogP contribution in [-0.4, -0.2) is 53.5 Å². The number of nitrogens with zero attached hydrogens (tertiary/aromatic N) is 3. The maximum absolute atomic E-state index is 12.5. The first-order valence-corrected chi connectivity index (χ1v) is 8.37. The molecule has 1 aromatic carbocycles. The average Bonchev–Trinajstić information content (AvgIpc) is 2.66. The van der Waals surface area contributed by atoms with Crippen molar-refractivity contribution in [1.82, 2.24) is 14.9 Å². The number of fused-ring (bicyclic) bond motifs is 1. The molecule has 9 heteroatoms. The van der Waals surface area contributed by atoms with Gasteiger partial charge in [-0.25, -0.2) is 0 Å². The highest BCUT2D eigenvalue weighted by Crippen LogP contribution is 2.23. The first-order chi connectivity index (χ1) is 13.0. The molecule has 3 N–H and O–H groups in total. The van der Waals surface area contributed by atoms with E-state index in [4.69, 9.17) is 15.2 Å². The van der Waals surface area contributed by atoms with Gasteiger partial charge in [-0.05, 0) is 17.5 Å². The van der Waals surface area contributed by atoms with E-state index in [1.165, 1.54) is 20.3 Å². The second-order valence-corrected chi connectivity index (χ2v) is 6.12. The molecule has 1 aliphatic rings. The number of methoxy groups -OCH3 is 2. The minimum absolute atomic E-state index is 0.0230. The van der Waals surface area contributed by atoms with E-state index in [1.807, 2.05) is 24.3 Å². The van der Waals surface area contributed by atoms with Crippen molar-refractivity contribution in [2.45, 2.75) is 19.0 Å². The predicted octanol–water partition coefficient (Wildman–Crippen LogP) is 0.345. The molecule has 0 bridgehead atoms. The number of nitrogens with one attached hydrogen (secondary N) is 1. The summed E-state index contributed by atoms with van der Waals surface area (Å²) in [5.41, 5.74) is 7.69. The van der Waals surface area contributed by atoms with Crippen LogP contribution in [0, 0.1) is 0 Å². The molecule has 0 fully saturated rings. The number of nitrogens with two attached hydrogens (primary N) is 1. The molecule has 3 rings (SSSR count). The molecular formula is C18H21N5O4. The van der Waals surface area contributed by atoms with Gasteiger partial charge in [-0.3, -0.25) is 19.8 Å². The van der Waals surface area contributed by atoms with Gasteiger partial charge in [0.2, 0.25) is 29.5 Å². The fraction of sp³-hybridized carbons (Fsp3) is 0.333. The first kappa shape index (κ1) is 18.6. The van der Waals surface area contributed by atoms with Gasteiger partial charge >= 0.3 is 0 Å². The highest BCUT2D eigenvalue weighted by Gasteiger charge is 2.31. The lowest BCUT2D eigenvalue weighted by atomic mass is 9.93. The molecule has 2 heterocycles. The Bertz CT molecular complexity index is 835. The van der Waals surface area contributed by atoms with Crippen molar-refractivity contribution in [1.29, 1.82) is 0 Å². The minimum Gasteiger partial charge on any atom is -0.481 e. The van der Waals surface area contributed by atoms with E-state index < -0.39 is 11.9 Å². The second-order valence-electron chi connectivity index (χ2n) is 6.12. The van der Waals surface area contributed by atoms with Crippen LogP contribution < -0.4 is 20.5 Å². The van der Waals surface area contributed by atoms with Crippen molar-refractivity contribution in [2.24, 2.45) is 5.73 Å². The predicted molar refractivity (Wildman–Crippen MR) is 97.3 cm³/mol. The van der Waals surface area contributed by atoms with Gasteiger partial charge in [0.15, 0.2) is 0 Å². The molecule has 0 saturated heterocycles. The number of carbonyl (C=O) groups is 2. The Morgan fingerprint density at radius 1 is 1.19 bits per heavy atom. The summed E-state index contributed by atoms with van der Waals surface area (Å²) in [4.78, 5) is 34.2. The van der Waals surface area contributed by atoms with E-state index in [9.17, 15) is 9.59 Å². The summed E-state index contributed by atoms with van der Waals surface area (Å²) in [6, 6.07) is 8.75. The van der Waals surface area contributed by atoms with Gasteiger partial charge in [-0.2, -0.15) is 9.97 Å². The SMILES string of the molecule is COc1cc(OC)nc(NC(=O)CN2Cc3ccccc3C[C@H]2C(N)=O)n1. The third kappa shape index (κ3) is 4.32. The molecule has 9 nitrogen and oxygen atoms in total. The van der Waals surface area contributed by atoms with E-state index in [0.29, 0.717) is 13.0 Å². The van der Waals surface area contributed by atoms with Gasteiger partial charge < -0.3 is 15.2 Å². The van der Waals surface area contributed by atoms with Gasteiger partial charge in [0.25, 0.3) is 0 Å². The molecule has 1 aromatic heterocycles. The molecule has 142 valence electrons. The van der Waals surface area contributed by atoms with Gasteiger partial charge in [0, 0.05) is 6.54 Å². The molecule has 2 amide bonds. The monoisotopic (exact) mass is 371 g/mol. The summed E-state index contributed by atoms with van der Waals surface area (Å²) in [6.07, 6.45) is 0.474. The van der Waals surface area contributed by atoms with Crippen LogP contribution >= 0.6 is 0 Å². The summed E-state index contributed by atoms with van der Waals surface area (Å²) in [5, 5.41) is 2.61. The van der Waals surface area contributed by atoms with Crippen molar-refractivity contribution in [3.8, 4) is 11.8 Å². The Kier molecular flexibility index (Phi) is 5.51. The summed E-state index contributed by atoms with van der Waals surface area (Å²) in [5.74, 6) is -0.241. The summed E-state index contributed by atoms with van der Waals surface area (Å²) in [7, 11) is 2.91. The Labute approximate surface area is 156 Å². The van der Waals surface area contributed by atoms with Crippen molar-refractivity contribution < 1.29 is 19.1 Å². The van der Waals surface area contributed by atoms with Crippen LogP contribution in [0.15, 0.2) is 30.3 Å². The van der Waals surface area contributed by atoms with Crippen LogP contribution in [0.4, 0.5) is 5.95 Å². The van der Waals surface area contributed by atoms with Crippen LogP contribution in [0.25, 0.3) is 0 Å². The van der Waals surface area contributed by atoms with Gasteiger partial charge in [0.05, 0.1) is 32.9 Å². The Hall–Kier alpha value is -3.20. The number of hydrogen-bond acceptors (Lipinski definition) is 7. The fourth-order valence-electron chi connectivity index (χ4n) is 3.04. The number of hydrogen-bond donors (Lipinski definition) is 2. The molecular weight excluding hydrogens is 350 g/mol. The smallest absolute Gasteiger partial charge is 0.240 e.